The van der Waals surface area contributed by atoms with Gasteiger partial charge in [-0.2, -0.15) is 4.31 Å². The van der Waals surface area contributed by atoms with Gasteiger partial charge >= 0.3 is 0 Å². The van der Waals surface area contributed by atoms with Crippen LogP contribution in [0.4, 0.5) is 5.69 Å². The maximum atomic E-state index is 13.2. The van der Waals surface area contributed by atoms with E-state index in [9.17, 15) is 8.42 Å². The van der Waals surface area contributed by atoms with Gasteiger partial charge in [0.15, 0.2) is 0 Å². The molecule has 146 valence electrons. The second-order valence-electron chi connectivity index (χ2n) is 7.20. The Bertz CT molecular complexity index is 946. The quantitative estimate of drug-likeness (QED) is 0.805. The normalized spacial score (nSPS) is 15.8. The number of anilines is 1. The predicted octanol–water partition coefficient (Wildman–Crippen LogP) is 3.44. The van der Waals surface area contributed by atoms with Crippen molar-refractivity contribution in [3.63, 3.8) is 0 Å². The van der Waals surface area contributed by atoms with Crippen molar-refractivity contribution < 1.29 is 13.2 Å². The number of hydrogen-bond acceptors (Lipinski definition) is 4. The van der Waals surface area contributed by atoms with Crippen LogP contribution in [0, 0.1) is 27.7 Å². The van der Waals surface area contributed by atoms with Crippen molar-refractivity contribution >= 4 is 15.7 Å². The highest BCUT2D eigenvalue weighted by Crippen LogP contribution is 2.30. The number of sulfonamides is 1. The first-order valence-electron chi connectivity index (χ1n) is 9.22. The molecule has 0 saturated carbocycles. The standard InChI is InChI=1S/C21H28N2O3S/c1-15-7-6-8-19(18(15)4)22-9-11-23(12-10-22)27(24,25)21-14-20(26-5)16(2)13-17(21)3/h6-8,13-14H,9-12H2,1-5H3. The van der Waals surface area contributed by atoms with E-state index in [-0.39, 0.29) is 0 Å². The number of benzene rings is 2. The predicted molar refractivity (Wildman–Crippen MR) is 109 cm³/mol. The highest BCUT2D eigenvalue weighted by Gasteiger charge is 2.30. The molecular formula is C21H28N2O3S. The highest BCUT2D eigenvalue weighted by molar-refractivity contribution is 7.89. The first kappa shape index (κ1) is 19.7. The fourth-order valence-corrected chi connectivity index (χ4v) is 5.34. The lowest BCUT2D eigenvalue weighted by molar-refractivity contribution is 0.383. The van der Waals surface area contributed by atoms with Crippen LogP contribution in [0.1, 0.15) is 22.3 Å². The van der Waals surface area contributed by atoms with E-state index in [2.05, 4.69) is 36.9 Å². The van der Waals surface area contributed by atoms with Gasteiger partial charge in [-0.1, -0.05) is 18.2 Å². The molecule has 0 aliphatic carbocycles. The molecule has 1 aliphatic rings. The summed E-state index contributed by atoms with van der Waals surface area (Å²) >= 11 is 0. The molecule has 1 saturated heterocycles. The van der Waals surface area contributed by atoms with Crippen LogP contribution in [0.2, 0.25) is 0 Å². The summed E-state index contributed by atoms with van der Waals surface area (Å²) in [6.45, 7) is 10.3. The number of methoxy groups -OCH3 is 1. The summed E-state index contributed by atoms with van der Waals surface area (Å²) in [4.78, 5) is 2.61. The largest absolute Gasteiger partial charge is 0.496 e. The Labute approximate surface area is 162 Å². The second-order valence-corrected chi connectivity index (χ2v) is 9.10. The summed E-state index contributed by atoms with van der Waals surface area (Å²) in [5.74, 6) is 0.605. The Kier molecular flexibility index (Phi) is 5.49. The Balaban J connectivity index is 1.82. The van der Waals surface area contributed by atoms with E-state index in [1.54, 1.807) is 17.5 Å². The molecule has 5 nitrogen and oxygen atoms in total. The summed E-state index contributed by atoms with van der Waals surface area (Å²) in [7, 11) is -1.97. The van der Waals surface area contributed by atoms with Gasteiger partial charge in [0.25, 0.3) is 0 Å². The fourth-order valence-electron chi connectivity index (χ4n) is 3.70. The fraction of sp³-hybridized carbons (Fsp3) is 0.429. The molecule has 0 bridgehead atoms. The van der Waals surface area contributed by atoms with Gasteiger partial charge in [0.1, 0.15) is 5.75 Å². The summed E-state index contributed by atoms with van der Waals surface area (Å²) in [6.07, 6.45) is 0. The van der Waals surface area contributed by atoms with E-state index in [0.717, 1.165) is 11.1 Å². The average molecular weight is 389 g/mol. The third-order valence-corrected chi connectivity index (χ3v) is 7.51. The number of aryl methyl sites for hydroxylation is 3. The number of rotatable bonds is 4. The van der Waals surface area contributed by atoms with Gasteiger partial charge in [-0.05, 0) is 56.0 Å². The lowest BCUT2D eigenvalue weighted by Gasteiger charge is -2.36. The van der Waals surface area contributed by atoms with Crippen molar-refractivity contribution in [3.05, 3.63) is 52.6 Å². The van der Waals surface area contributed by atoms with Crippen molar-refractivity contribution in [3.8, 4) is 5.75 Å². The monoisotopic (exact) mass is 388 g/mol. The van der Waals surface area contributed by atoms with Crippen LogP contribution in [0.5, 0.6) is 5.75 Å². The molecule has 6 heteroatoms. The Hall–Kier alpha value is -2.05. The molecule has 0 radical (unpaired) electrons. The maximum absolute atomic E-state index is 13.2. The minimum absolute atomic E-state index is 0.338. The molecule has 0 atom stereocenters. The van der Waals surface area contributed by atoms with Crippen molar-refractivity contribution in [2.75, 3.05) is 38.2 Å². The number of hydrogen-bond donors (Lipinski definition) is 0. The van der Waals surface area contributed by atoms with Gasteiger partial charge in [-0.3, -0.25) is 0 Å². The zero-order chi connectivity index (χ0) is 19.8. The van der Waals surface area contributed by atoms with Crippen molar-refractivity contribution in [1.82, 2.24) is 4.31 Å². The Morgan fingerprint density at radius 1 is 0.889 bits per heavy atom. The number of nitrogens with zero attached hydrogens (tertiary/aromatic N) is 2. The zero-order valence-electron chi connectivity index (χ0n) is 16.7. The van der Waals surface area contributed by atoms with Gasteiger partial charge < -0.3 is 9.64 Å². The molecule has 1 fully saturated rings. The Morgan fingerprint density at radius 2 is 1.56 bits per heavy atom. The summed E-state index contributed by atoms with van der Waals surface area (Å²) < 4.78 is 33.3. The summed E-state index contributed by atoms with van der Waals surface area (Å²) in [5.41, 5.74) is 5.40. The molecule has 0 aromatic heterocycles. The van der Waals surface area contributed by atoms with E-state index >= 15 is 0 Å². The smallest absolute Gasteiger partial charge is 0.243 e. The maximum Gasteiger partial charge on any atom is 0.243 e. The van der Waals surface area contributed by atoms with Gasteiger partial charge in [0.05, 0.1) is 12.0 Å². The lowest BCUT2D eigenvalue weighted by Crippen LogP contribution is -2.49. The van der Waals surface area contributed by atoms with Crippen LogP contribution in [0.25, 0.3) is 0 Å². The Morgan fingerprint density at radius 3 is 2.19 bits per heavy atom. The molecule has 0 N–H and O–H groups in total. The SMILES string of the molecule is COc1cc(S(=O)(=O)N2CCN(c3cccc(C)c3C)CC2)c(C)cc1C. The number of ether oxygens (including phenoxy) is 1. The van der Waals surface area contributed by atoms with Crippen molar-refractivity contribution in [1.29, 1.82) is 0 Å². The molecule has 1 heterocycles. The molecule has 3 rings (SSSR count). The van der Waals surface area contributed by atoms with E-state index in [0.29, 0.717) is 36.8 Å². The van der Waals surface area contributed by atoms with Gasteiger partial charge in [0, 0.05) is 37.9 Å². The van der Waals surface area contributed by atoms with Gasteiger partial charge in [-0.15, -0.1) is 0 Å². The van der Waals surface area contributed by atoms with Gasteiger partial charge in [-0.25, -0.2) is 8.42 Å². The first-order chi connectivity index (χ1) is 12.8. The van der Waals surface area contributed by atoms with Crippen LogP contribution in [0.3, 0.4) is 0 Å². The van der Waals surface area contributed by atoms with Crippen molar-refractivity contribution in [2.24, 2.45) is 0 Å². The zero-order valence-corrected chi connectivity index (χ0v) is 17.6. The molecular weight excluding hydrogens is 360 g/mol. The minimum Gasteiger partial charge on any atom is -0.496 e. The second kappa shape index (κ2) is 7.52. The summed E-state index contributed by atoms with van der Waals surface area (Å²) in [6, 6.07) is 9.80. The lowest BCUT2D eigenvalue weighted by atomic mass is 10.1. The molecule has 2 aromatic rings. The van der Waals surface area contributed by atoms with Crippen molar-refractivity contribution in [2.45, 2.75) is 32.6 Å². The summed E-state index contributed by atoms with van der Waals surface area (Å²) in [5, 5.41) is 0. The molecule has 0 unspecified atom stereocenters. The molecule has 0 amide bonds. The van der Waals surface area contributed by atoms with E-state index in [1.807, 2.05) is 19.9 Å². The van der Waals surface area contributed by atoms with Crippen LogP contribution >= 0.6 is 0 Å². The molecule has 0 spiro atoms. The van der Waals surface area contributed by atoms with Crippen LogP contribution in [0.15, 0.2) is 35.2 Å². The van der Waals surface area contributed by atoms with Gasteiger partial charge in [0.2, 0.25) is 10.0 Å². The molecule has 27 heavy (non-hydrogen) atoms. The molecule has 1 aliphatic heterocycles. The van der Waals surface area contributed by atoms with E-state index in [4.69, 9.17) is 4.74 Å². The van der Waals surface area contributed by atoms with Crippen LogP contribution in [-0.4, -0.2) is 46.0 Å². The highest BCUT2D eigenvalue weighted by atomic mass is 32.2. The number of piperazine rings is 1. The first-order valence-corrected chi connectivity index (χ1v) is 10.7. The third kappa shape index (κ3) is 3.69. The third-order valence-electron chi connectivity index (χ3n) is 5.47. The molecule has 2 aromatic carbocycles. The minimum atomic E-state index is -3.54. The van der Waals surface area contributed by atoms with E-state index < -0.39 is 10.0 Å². The van der Waals surface area contributed by atoms with Crippen LogP contribution < -0.4 is 9.64 Å². The topological polar surface area (TPSA) is 49.9 Å². The average Bonchev–Trinajstić information content (AvgIpc) is 2.64. The van der Waals surface area contributed by atoms with Crippen LogP contribution in [-0.2, 0) is 10.0 Å². The van der Waals surface area contributed by atoms with E-state index in [1.165, 1.54) is 16.8 Å².